The summed E-state index contributed by atoms with van der Waals surface area (Å²) in [6.07, 6.45) is 3.37. The number of aromatic amines is 1. The third-order valence-corrected chi connectivity index (χ3v) is 5.35. The van der Waals surface area contributed by atoms with Crippen molar-refractivity contribution in [2.75, 3.05) is 0 Å². The lowest BCUT2D eigenvalue weighted by Crippen LogP contribution is -1.99. The number of para-hydroxylation sites is 1. The predicted molar refractivity (Wildman–Crippen MR) is 121 cm³/mol. The lowest BCUT2D eigenvalue weighted by atomic mass is 10.0. The van der Waals surface area contributed by atoms with E-state index in [1.54, 1.807) is 30.6 Å². The fourth-order valence-corrected chi connectivity index (χ4v) is 3.76. The van der Waals surface area contributed by atoms with Gasteiger partial charge in [0.25, 0.3) is 5.91 Å². The molecule has 0 aliphatic carbocycles. The summed E-state index contributed by atoms with van der Waals surface area (Å²) in [6, 6.07) is 18.2. The van der Waals surface area contributed by atoms with Gasteiger partial charge in [-0.25, -0.2) is 4.98 Å². The summed E-state index contributed by atoms with van der Waals surface area (Å²) in [4.78, 5) is 24.7. The van der Waals surface area contributed by atoms with Crippen LogP contribution in [0.3, 0.4) is 0 Å². The molecule has 7 nitrogen and oxygen atoms in total. The van der Waals surface area contributed by atoms with E-state index in [1.165, 1.54) is 0 Å². The fraction of sp³-hybridized carbons (Fsp3) is 0. The minimum absolute atomic E-state index is 0.153. The first-order chi connectivity index (χ1) is 15.1. The van der Waals surface area contributed by atoms with E-state index in [2.05, 4.69) is 41.1 Å². The molecule has 0 aliphatic rings. The number of hydrogen-bond donors (Lipinski definition) is 2. The van der Waals surface area contributed by atoms with Gasteiger partial charge in [-0.2, -0.15) is 0 Å². The Bertz CT molecular complexity index is 1480. The Balaban J connectivity index is 1.60. The van der Waals surface area contributed by atoms with Crippen molar-refractivity contribution in [1.29, 1.82) is 0 Å². The van der Waals surface area contributed by atoms with E-state index in [1.807, 2.05) is 42.5 Å². The molecular weight excluding hydrogens is 458 g/mol. The van der Waals surface area contributed by atoms with Crippen LogP contribution >= 0.6 is 15.9 Å². The van der Waals surface area contributed by atoms with E-state index in [-0.39, 0.29) is 11.6 Å². The van der Waals surface area contributed by atoms with Gasteiger partial charge < -0.3 is 10.1 Å². The summed E-state index contributed by atoms with van der Waals surface area (Å²) >= 11 is 3.40. The average molecular weight is 472 g/mol. The van der Waals surface area contributed by atoms with Crippen molar-refractivity contribution in [3.05, 3.63) is 83.1 Å². The molecular formula is C23H14BrN5O2. The van der Waals surface area contributed by atoms with Crippen molar-refractivity contribution in [3.8, 4) is 17.1 Å². The molecule has 0 bridgehead atoms. The van der Waals surface area contributed by atoms with Crippen LogP contribution in [0.25, 0.3) is 33.1 Å². The minimum Gasteiger partial charge on any atom is -0.493 e. The van der Waals surface area contributed by atoms with Gasteiger partial charge in [-0.05, 0) is 42.5 Å². The maximum Gasteiger partial charge on any atom is 0.296 e. The predicted octanol–water partition coefficient (Wildman–Crippen LogP) is 6.17. The van der Waals surface area contributed by atoms with Gasteiger partial charge in [0, 0.05) is 33.2 Å². The number of benzene rings is 2. The topological polar surface area (TPSA) is 104 Å². The second-order valence-corrected chi connectivity index (χ2v) is 7.75. The Hall–Kier alpha value is -3.91. The average Bonchev–Trinajstić information content (AvgIpc) is 3.11. The van der Waals surface area contributed by atoms with Gasteiger partial charge in [-0.3, -0.25) is 9.78 Å². The van der Waals surface area contributed by atoms with E-state index >= 15 is 0 Å². The Morgan fingerprint density at radius 3 is 2.74 bits per heavy atom. The van der Waals surface area contributed by atoms with Gasteiger partial charge in [-0.1, -0.05) is 34.1 Å². The van der Waals surface area contributed by atoms with Crippen LogP contribution < -0.4 is 0 Å². The molecule has 3 aromatic heterocycles. The molecule has 0 saturated carbocycles. The summed E-state index contributed by atoms with van der Waals surface area (Å²) in [6.45, 7) is 0. The monoisotopic (exact) mass is 471 g/mol. The Kier molecular flexibility index (Phi) is 4.76. The number of hydrogen-bond acceptors (Lipinski definition) is 5. The molecule has 0 saturated heterocycles. The molecule has 0 unspecified atom stereocenters. The molecule has 5 aromatic rings. The molecule has 2 N–H and O–H groups in total. The molecule has 0 spiro atoms. The smallest absolute Gasteiger partial charge is 0.296 e. The number of carbonyl (C=O) groups is 1. The Morgan fingerprint density at radius 1 is 1.03 bits per heavy atom. The molecule has 0 fully saturated rings. The van der Waals surface area contributed by atoms with Gasteiger partial charge in [0.1, 0.15) is 0 Å². The molecule has 2 aromatic carbocycles. The maximum atomic E-state index is 13.0. The number of azo groups is 1. The quantitative estimate of drug-likeness (QED) is 0.307. The van der Waals surface area contributed by atoms with E-state index in [9.17, 15) is 9.90 Å². The van der Waals surface area contributed by atoms with Gasteiger partial charge in [0.2, 0.25) is 5.88 Å². The maximum absolute atomic E-state index is 13.0. The Morgan fingerprint density at radius 2 is 1.90 bits per heavy atom. The van der Waals surface area contributed by atoms with E-state index in [4.69, 9.17) is 0 Å². The molecule has 5 rings (SSSR count). The minimum atomic E-state index is -0.535. The lowest BCUT2D eigenvalue weighted by Gasteiger charge is -2.07. The van der Waals surface area contributed by atoms with Crippen molar-refractivity contribution in [1.82, 2.24) is 15.0 Å². The second kappa shape index (κ2) is 7.73. The molecule has 1 amide bonds. The Labute approximate surface area is 184 Å². The fourth-order valence-electron chi connectivity index (χ4n) is 3.40. The van der Waals surface area contributed by atoms with Crippen molar-refractivity contribution in [2.24, 2.45) is 10.2 Å². The second-order valence-electron chi connectivity index (χ2n) is 6.83. The van der Waals surface area contributed by atoms with Gasteiger partial charge in [-0.15, -0.1) is 10.2 Å². The van der Waals surface area contributed by atoms with Crippen LogP contribution in [0.15, 0.2) is 87.8 Å². The number of rotatable bonds is 3. The largest absolute Gasteiger partial charge is 0.493 e. The third-order valence-electron chi connectivity index (χ3n) is 4.86. The van der Waals surface area contributed by atoms with E-state index in [0.717, 1.165) is 10.0 Å². The highest BCUT2D eigenvalue weighted by Crippen LogP contribution is 2.37. The van der Waals surface area contributed by atoms with Gasteiger partial charge in [0.15, 0.2) is 5.69 Å². The van der Waals surface area contributed by atoms with E-state index < -0.39 is 5.91 Å². The van der Waals surface area contributed by atoms with Crippen LogP contribution in [-0.2, 0) is 0 Å². The zero-order valence-electron chi connectivity index (χ0n) is 16.0. The summed E-state index contributed by atoms with van der Waals surface area (Å²) in [7, 11) is 0. The van der Waals surface area contributed by atoms with E-state index in [0.29, 0.717) is 33.1 Å². The zero-order valence-corrected chi connectivity index (χ0v) is 17.5. The highest BCUT2D eigenvalue weighted by molar-refractivity contribution is 9.10. The number of halogens is 1. The zero-order chi connectivity index (χ0) is 21.4. The molecule has 150 valence electrons. The van der Waals surface area contributed by atoms with Crippen molar-refractivity contribution < 1.29 is 9.90 Å². The van der Waals surface area contributed by atoms with Crippen LogP contribution in [0.4, 0.5) is 5.69 Å². The number of nitrogens with one attached hydrogen (secondary N) is 1. The number of nitrogens with zero attached hydrogens (tertiary/aromatic N) is 4. The number of carbonyl (C=O) groups excluding carboxylic acids is 1. The number of fused-ring (bicyclic) bond motifs is 2. The SMILES string of the molecule is O=C(N=Nc1c(O)[nH]c2ccc(Br)cc12)c1cc(-c2cccnc2)nc2ccccc12. The molecule has 0 atom stereocenters. The van der Waals surface area contributed by atoms with Crippen LogP contribution in [0, 0.1) is 0 Å². The highest BCUT2D eigenvalue weighted by atomic mass is 79.9. The first kappa shape index (κ1) is 19.1. The molecule has 0 radical (unpaired) electrons. The summed E-state index contributed by atoms with van der Waals surface area (Å²) in [5.41, 5.74) is 3.34. The standard InChI is InChI=1S/C23H14BrN5O2/c24-14-7-8-19-17(10-14)21(23(31)27-19)28-29-22(30)16-11-20(13-4-3-9-25-12-13)26-18-6-2-1-5-15(16)18/h1-12,27,31H. The number of aromatic nitrogens is 3. The molecule has 3 heterocycles. The first-order valence-corrected chi connectivity index (χ1v) is 10.2. The van der Waals surface area contributed by atoms with Crippen molar-refractivity contribution in [3.63, 3.8) is 0 Å². The van der Waals surface area contributed by atoms with Crippen molar-refractivity contribution >= 4 is 49.3 Å². The summed E-state index contributed by atoms with van der Waals surface area (Å²) in [5.74, 6) is -0.687. The van der Waals surface area contributed by atoms with Crippen LogP contribution in [0.1, 0.15) is 10.4 Å². The summed E-state index contributed by atoms with van der Waals surface area (Å²) < 4.78 is 0.822. The van der Waals surface area contributed by atoms with Gasteiger partial charge >= 0.3 is 0 Å². The highest BCUT2D eigenvalue weighted by Gasteiger charge is 2.15. The number of amides is 1. The number of H-pyrrole nitrogens is 1. The van der Waals surface area contributed by atoms with Crippen LogP contribution in [0.2, 0.25) is 0 Å². The normalized spacial score (nSPS) is 11.5. The number of pyridine rings is 2. The molecule has 0 aliphatic heterocycles. The third kappa shape index (κ3) is 3.57. The molecule has 31 heavy (non-hydrogen) atoms. The molecule has 8 heteroatoms. The first-order valence-electron chi connectivity index (χ1n) is 9.36. The summed E-state index contributed by atoms with van der Waals surface area (Å²) in [5, 5.41) is 19.5. The number of aromatic hydroxyl groups is 1. The van der Waals surface area contributed by atoms with Crippen LogP contribution in [0.5, 0.6) is 5.88 Å². The van der Waals surface area contributed by atoms with Crippen LogP contribution in [-0.4, -0.2) is 26.0 Å². The van der Waals surface area contributed by atoms with Crippen molar-refractivity contribution in [2.45, 2.75) is 0 Å². The lowest BCUT2D eigenvalue weighted by molar-refractivity contribution is 0.0996. The van der Waals surface area contributed by atoms with Gasteiger partial charge in [0.05, 0.1) is 22.3 Å².